The molecule has 0 unspecified atom stereocenters. The number of thiazole rings is 1. The van der Waals surface area contributed by atoms with Crippen molar-refractivity contribution < 1.29 is 9.53 Å². The molecule has 1 aliphatic heterocycles. The summed E-state index contributed by atoms with van der Waals surface area (Å²) in [5.41, 5.74) is 1.19. The minimum atomic E-state index is 0.0118. The van der Waals surface area contributed by atoms with E-state index >= 15 is 0 Å². The van der Waals surface area contributed by atoms with Crippen molar-refractivity contribution in [3.8, 4) is 0 Å². The van der Waals surface area contributed by atoms with Gasteiger partial charge in [-0.1, -0.05) is 30.3 Å². The van der Waals surface area contributed by atoms with Gasteiger partial charge < -0.3 is 10.1 Å². The first-order chi connectivity index (χ1) is 10.8. The Hall–Kier alpha value is -1.76. The molecule has 1 saturated heterocycles. The highest BCUT2D eigenvalue weighted by molar-refractivity contribution is 7.13. The van der Waals surface area contributed by atoms with Gasteiger partial charge in [0.1, 0.15) is 0 Å². The summed E-state index contributed by atoms with van der Waals surface area (Å²) in [5.74, 6) is 0.0118. The molecule has 2 aromatic rings. The van der Waals surface area contributed by atoms with Crippen molar-refractivity contribution in [1.29, 1.82) is 0 Å². The zero-order valence-electron chi connectivity index (χ0n) is 12.3. The number of hydrogen-bond acceptors (Lipinski definition) is 5. The number of aromatic nitrogens is 1. The minimum absolute atomic E-state index is 0.0118. The zero-order chi connectivity index (χ0) is 15.2. The van der Waals surface area contributed by atoms with Gasteiger partial charge in [0, 0.05) is 37.6 Å². The van der Waals surface area contributed by atoms with Crippen molar-refractivity contribution in [3.63, 3.8) is 0 Å². The predicted octanol–water partition coefficient (Wildman–Crippen LogP) is 2.55. The second kappa shape index (κ2) is 7.49. The molecular weight excluding hydrogens is 298 g/mol. The Morgan fingerprint density at radius 1 is 1.41 bits per heavy atom. The van der Waals surface area contributed by atoms with Gasteiger partial charge in [0.2, 0.25) is 5.91 Å². The van der Waals surface area contributed by atoms with Crippen LogP contribution in [0.3, 0.4) is 0 Å². The first-order valence-electron chi connectivity index (χ1n) is 7.39. The van der Waals surface area contributed by atoms with E-state index in [1.807, 2.05) is 23.6 Å². The SMILES string of the molecule is O=C(CCN1CCO[C@H](c2ccccc2)C1)Nc1nccs1. The lowest BCUT2D eigenvalue weighted by Crippen LogP contribution is -2.39. The summed E-state index contributed by atoms with van der Waals surface area (Å²) in [6.45, 7) is 3.14. The molecule has 0 spiro atoms. The lowest BCUT2D eigenvalue weighted by Gasteiger charge is -2.33. The van der Waals surface area contributed by atoms with E-state index in [-0.39, 0.29) is 12.0 Å². The third-order valence-electron chi connectivity index (χ3n) is 3.66. The summed E-state index contributed by atoms with van der Waals surface area (Å²) in [5, 5.41) is 5.33. The van der Waals surface area contributed by atoms with E-state index in [1.54, 1.807) is 6.20 Å². The van der Waals surface area contributed by atoms with Gasteiger partial charge in [-0.3, -0.25) is 9.69 Å². The van der Waals surface area contributed by atoms with E-state index in [2.05, 4.69) is 27.3 Å². The maximum absolute atomic E-state index is 11.9. The van der Waals surface area contributed by atoms with Crippen LogP contribution in [0.2, 0.25) is 0 Å². The van der Waals surface area contributed by atoms with Crippen LogP contribution >= 0.6 is 11.3 Å². The average Bonchev–Trinajstić information content (AvgIpc) is 3.07. The molecule has 2 heterocycles. The van der Waals surface area contributed by atoms with Gasteiger partial charge in [-0.15, -0.1) is 11.3 Å². The lowest BCUT2D eigenvalue weighted by atomic mass is 10.1. The molecule has 6 heteroatoms. The minimum Gasteiger partial charge on any atom is -0.371 e. The Bertz CT molecular complexity index is 589. The van der Waals surface area contributed by atoms with Gasteiger partial charge in [0.05, 0.1) is 12.7 Å². The van der Waals surface area contributed by atoms with Gasteiger partial charge in [-0.2, -0.15) is 0 Å². The van der Waals surface area contributed by atoms with Gasteiger partial charge in [-0.05, 0) is 5.56 Å². The van der Waals surface area contributed by atoms with Gasteiger partial charge in [-0.25, -0.2) is 4.98 Å². The fraction of sp³-hybridized carbons (Fsp3) is 0.375. The van der Waals surface area contributed by atoms with E-state index in [4.69, 9.17) is 4.74 Å². The normalized spacial score (nSPS) is 19.0. The second-order valence-corrected chi connectivity index (χ2v) is 6.10. The lowest BCUT2D eigenvalue weighted by molar-refractivity contribution is -0.117. The van der Waals surface area contributed by atoms with Crippen molar-refractivity contribution in [1.82, 2.24) is 9.88 Å². The van der Waals surface area contributed by atoms with E-state index < -0.39 is 0 Å². The van der Waals surface area contributed by atoms with Crippen LogP contribution in [0.25, 0.3) is 0 Å². The van der Waals surface area contributed by atoms with E-state index in [0.29, 0.717) is 18.2 Å². The van der Waals surface area contributed by atoms with Crippen LogP contribution in [-0.2, 0) is 9.53 Å². The summed E-state index contributed by atoms with van der Waals surface area (Å²) in [6, 6.07) is 10.2. The molecule has 22 heavy (non-hydrogen) atoms. The number of amides is 1. The van der Waals surface area contributed by atoms with Gasteiger partial charge >= 0.3 is 0 Å². The van der Waals surface area contributed by atoms with Crippen LogP contribution in [0, 0.1) is 0 Å². The molecule has 1 fully saturated rings. The Morgan fingerprint density at radius 2 is 2.27 bits per heavy atom. The first kappa shape index (κ1) is 15.1. The molecule has 1 atom stereocenters. The molecule has 116 valence electrons. The topological polar surface area (TPSA) is 54.5 Å². The highest BCUT2D eigenvalue weighted by atomic mass is 32.1. The molecule has 3 rings (SSSR count). The Kier molecular flexibility index (Phi) is 5.15. The quantitative estimate of drug-likeness (QED) is 0.921. The van der Waals surface area contributed by atoms with Crippen molar-refractivity contribution in [2.75, 3.05) is 31.6 Å². The monoisotopic (exact) mass is 317 g/mol. The third kappa shape index (κ3) is 4.13. The molecule has 1 N–H and O–H groups in total. The number of benzene rings is 1. The Morgan fingerprint density at radius 3 is 3.05 bits per heavy atom. The number of ether oxygens (including phenoxy) is 1. The number of carbonyl (C=O) groups excluding carboxylic acids is 1. The summed E-state index contributed by atoms with van der Waals surface area (Å²) in [4.78, 5) is 18.2. The number of nitrogens with one attached hydrogen (secondary N) is 1. The number of nitrogens with zero attached hydrogens (tertiary/aromatic N) is 2. The smallest absolute Gasteiger partial charge is 0.227 e. The van der Waals surface area contributed by atoms with Crippen LogP contribution in [0.5, 0.6) is 0 Å². The Labute approximate surface area is 133 Å². The van der Waals surface area contributed by atoms with Crippen molar-refractivity contribution in [2.24, 2.45) is 0 Å². The molecule has 0 radical (unpaired) electrons. The molecule has 1 aliphatic rings. The summed E-state index contributed by atoms with van der Waals surface area (Å²) in [7, 11) is 0. The van der Waals surface area contributed by atoms with Crippen molar-refractivity contribution in [3.05, 3.63) is 47.5 Å². The second-order valence-electron chi connectivity index (χ2n) is 5.21. The summed E-state index contributed by atoms with van der Waals surface area (Å²) < 4.78 is 5.84. The van der Waals surface area contributed by atoms with E-state index in [9.17, 15) is 4.79 Å². The highest BCUT2D eigenvalue weighted by Gasteiger charge is 2.22. The molecule has 0 aliphatic carbocycles. The first-order valence-corrected chi connectivity index (χ1v) is 8.27. The number of morpholine rings is 1. The molecular formula is C16H19N3O2S. The fourth-order valence-corrected chi connectivity index (χ4v) is 3.05. The third-order valence-corrected chi connectivity index (χ3v) is 4.34. The van der Waals surface area contributed by atoms with Crippen LogP contribution in [0.4, 0.5) is 5.13 Å². The van der Waals surface area contributed by atoms with Crippen molar-refractivity contribution in [2.45, 2.75) is 12.5 Å². The molecule has 5 nitrogen and oxygen atoms in total. The van der Waals surface area contributed by atoms with Gasteiger partial charge in [0.25, 0.3) is 0 Å². The van der Waals surface area contributed by atoms with Crippen LogP contribution in [-0.4, -0.2) is 42.0 Å². The van der Waals surface area contributed by atoms with Crippen LogP contribution in [0.15, 0.2) is 41.9 Å². The molecule has 0 bridgehead atoms. The largest absolute Gasteiger partial charge is 0.371 e. The van der Waals surface area contributed by atoms with Crippen LogP contribution in [0.1, 0.15) is 18.1 Å². The number of hydrogen-bond donors (Lipinski definition) is 1. The van der Waals surface area contributed by atoms with Crippen LogP contribution < -0.4 is 5.32 Å². The van der Waals surface area contributed by atoms with Crippen molar-refractivity contribution >= 4 is 22.4 Å². The zero-order valence-corrected chi connectivity index (χ0v) is 13.1. The summed E-state index contributed by atoms with van der Waals surface area (Å²) in [6.07, 6.45) is 2.25. The molecule has 1 amide bonds. The number of carbonyl (C=O) groups is 1. The average molecular weight is 317 g/mol. The maximum atomic E-state index is 11.9. The van der Waals surface area contributed by atoms with Gasteiger partial charge in [0.15, 0.2) is 5.13 Å². The van der Waals surface area contributed by atoms with E-state index in [0.717, 1.165) is 19.6 Å². The highest BCUT2D eigenvalue weighted by Crippen LogP contribution is 2.22. The maximum Gasteiger partial charge on any atom is 0.227 e. The fourth-order valence-electron chi connectivity index (χ4n) is 2.50. The molecule has 0 saturated carbocycles. The standard InChI is InChI=1S/C16H19N3O2S/c20-15(18-16-17-7-11-22-16)6-8-19-9-10-21-14(12-19)13-4-2-1-3-5-13/h1-5,7,11,14H,6,8-10,12H2,(H,17,18,20)/t14-/m0/s1. The predicted molar refractivity (Wildman–Crippen MR) is 86.9 cm³/mol. The molecule has 1 aromatic heterocycles. The van der Waals surface area contributed by atoms with E-state index in [1.165, 1.54) is 16.9 Å². The molecule has 1 aromatic carbocycles. The summed E-state index contributed by atoms with van der Waals surface area (Å²) >= 11 is 1.43. The number of anilines is 1. The number of rotatable bonds is 5. The Balaban J connectivity index is 1.47.